The minimum absolute atomic E-state index is 0.0236. The lowest BCUT2D eigenvalue weighted by atomic mass is 10.1. The molecule has 1 saturated heterocycles. The zero-order valence-electron chi connectivity index (χ0n) is 13.3. The van der Waals surface area contributed by atoms with Crippen molar-refractivity contribution in [3.63, 3.8) is 0 Å². The van der Waals surface area contributed by atoms with Gasteiger partial charge in [-0.3, -0.25) is 10.1 Å². The van der Waals surface area contributed by atoms with Gasteiger partial charge in [0.05, 0.1) is 6.04 Å². The Morgan fingerprint density at radius 2 is 2.19 bits per heavy atom. The first-order valence-corrected chi connectivity index (χ1v) is 9.11. The van der Waals surface area contributed by atoms with E-state index in [1.807, 2.05) is 11.3 Å². The SMILES string of the molecule is CCCCC1NC(c2ccc(C)s2)N(C2CC2CC)C1=O. The minimum atomic E-state index is 0.0236. The van der Waals surface area contributed by atoms with E-state index >= 15 is 0 Å². The van der Waals surface area contributed by atoms with Crippen LogP contribution in [-0.4, -0.2) is 22.9 Å². The van der Waals surface area contributed by atoms with Crippen LogP contribution in [0.3, 0.4) is 0 Å². The summed E-state index contributed by atoms with van der Waals surface area (Å²) < 4.78 is 0. The molecule has 3 rings (SSSR count). The minimum Gasteiger partial charge on any atom is -0.317 e. The molecule has 2 aliphatic rings. The van der Waals surface area contributed by atoms with Gasteiger partial charge >= 0.3 is 0 Å². The molecular weight excluding hydrogens is 280 g/mol. The van der Waals surface area contributed by atoms with Crippen molar-refractivity contribution in [2.75, 3.05) is 0 Å². The van der Waals surface area contributed by atoms with Gasteiger partial charge in [-0.1, -0.05) is 33.1 Å². The first-order chi connectivity index (χ1) is 10.2. The second-order valence-electron chi connectivity index (χ2n) is 6.43. The fourth-order valence-corrected chi connectivity index (χ4v) is 4.39. The van der Waals surface area contributed by atoms with Gasteiger partial charge in [-0.25, -0.2) is 0 Å². The Balaban J connectivity index is 1.80. The summed E-state index contributed by atoms with van der Waals surface area (Å²) in [4.78, 5) is 17.6. The van der Waals surface area contributed by atoms with Crippen molar-refractivity contribution in [2.45, 2.75) is 71.1 Å². The summed E-state index contributed by atoms with van der Waals surface area (Å²) in [7, 11) is 0. The zero-order chi connectivity index (χ0) is 15.0. The number of hydrogen-bond acceptors (Lipinski definition) is 3. The molecule has 1 aliphatic carbocycles. The van der Waals surface area contributed by atoms with E-state index < -0.39 is 0 Å². The van der Waals surface area contributed by atoms with Crippen molar-refractivity contribution in [3.8, 4) is 0 Å². The van der Waals surface area contributed by atoms with E-state index in [2.05, 4.69) is 43.1 Å². The van der Waals surface area contributed by atoms with Crippen LogP contribution in [-0.2, 0) is 4.79 Å². The molecule has 4 unspecified atom stereocenters. The Kier molecular flexibility index (Phi) is 4.36. The van der Waals surface area contributed by atoms with Gasteiger partial charge in [0.2, 0.25) is 5.91 Å². The number of carbonyl (C=O) groups excluding carboxylic acids is 1. The average molecular weight is 306 g/mol. The first kappa shape index (κ1) is 15.0. The number of nitrogens with zero attached hydrogens (tertiary/aromatic N) is 1. The fraction of sp³-hybridized carbons (Fsp3) is 0.706. The van der Waals surface area contributed by atoms with Crippen molar-refractivity contribution < 1.29 is 4.79 Å². The van der Waals surface area contributed by atoms with E-state index in [-0.39, 0.29) is 12.2 Å². The molecule has 2 fully saturated rings. The highest BCUT2D eigenvalue weighted by Crippen LogP contribution is 2.45. The van der Waals surface area contributed by atoms with Crippen LogP contribution in [0.25, 0.3) is 0 Å². The molecule has 0 bridgehead atoms. The van der Waals surface area contributed by atoms with Crippen molar-refractivity contribution in [1.29, 1.82) is 0 Å². The van der Waals surface area contributed by atoms with Gasteiger partial charge in [-0.15, -0.1) is 11.3 Å². The van der Waals surface area contributed by atoms with Crippen molar-refractivity contribution in [3.05, 3.63) is 21.9 Å². The number of nitrogens with one attached hydrogen (secondary N) is 1. The third kappa shape index (κ3) is 2.88. The van der Waals surface area contributed by atoms with E-state index in [1.54, 1.807) is 0 Å². The fourth-order valence-electron chi connectivity index (χ4n) is 3.45. The van der Waals surface area contributed by atoms with Gasteiger partial charge in [-0.05, 0) is 37.8 Å². The van der Waals surface area contributed by atoms with Gasteiger partial charge in [0.15, 0.2) is 0 Å². The second kappa shape index (κ2) is 6.09. The van der Waals surface area contributed by atoms with E-state index in [9.17, 15) is 4.79 Å². The predicted octanol–water partition coefficient (Wildman–Crippen LogP) is 3.84. The topological polar surface area (TPSA) is 32.3 Å². The summed E-state index contributed by atoms with van der Waals surface area (Å²) in [5.41, 5.74) is 0. The highest BCUT2D eigenvalue weighted by molar-refractivity contribution is 7.12. The van der Waals surface area contributed by atoms with Crippen LogP contribution in [0.15, 0.2) is 12.1 Å². The summed E-state index contributed by atoms with van der Waals surface area (Å²) in [6.45, 7) is 6.55. The van der Waals surface area contributed by atoms with Crippen molar-refractivity contribution in [1.82, 2.24) is 10.2 Å². The Hall–Kier alpha value is -0.870. The Labute approximate surface area is 131 Å². The van der Waals surface area contributed by atoms with Gasteiger partial charge in [0.25, 0.3) is 0 Å². The Morgan fingerprint density at radius 3 is 2.76 bits per heavy atom. The summed E-state index contributed by atoms with van der Waals surface area (Å²) in [5.74, 6) is 1.05. The lowest BCUT2D eigenvalue weighted by Crippen LogP contribution is -2.33. The van der Waals surface area contributed by atoms with Crippen molar-refractivity contribution >= 4 is 17.2 Å². The number of amides is 1. The molecule has 4 atom stereocenters. The molecule has 21 heavy (non-hydrogen) atoms. The molecule has 0 aromatic carbocycles. The van der Waals surface area contributed by atoms with Crippen LogP contribution in [0.2, 0.25) is 0 Å². The number of carbonyl (C=O) groups is 1. The normalized spacial score (nSPS) is 32.0. The van der Waals surface area contributed by atoms with Crippen LogP contribution in [0, 0.1) is 12.8 Å². The molecule has 1 aliphatic heterocycles. The number of hydrogen-bond donors (Lipinski definition) is 1. The molecule has 1 aromatic rings. The largest absolute Gasteiger partial charge is 0.317 e. The van der Waals surface area contributed by atoms with Crippen molar-refractivity contribution in [2.24, 2.45) is 5.92 Å². The molecule has 3 nitrogen and oxygen atoms in total. The summed E-state index contributed by atoms with van der Waals surface area (Å²) >= 11 is 1.81. The summed E-state index contributed by atoms with van der Waals surface area (Å²) in [6.07, 6.45) is 5.72. The molecule has 116 valence electrons. The van der Waals surface area contributed by atoms with Crippen LogP contribution >= 0.6 is 11.3 Å². The van der Waals surface area contributed by atoms with E-state index in [4.69, 9.17) is 0 Å². The maximum Gasteiger partial charge on any atom is 0.241 e. The number of unbranched alkanes of at least 4 members (excludes halogenated alkanes) is 1. The van der Waals surface area contributed by atoms with E-state index in [0.717, 1.165) is 19.3 Å². The number of rotatable bonds is 6. The zero-order valence-corrected chi connectivity index (χ0v) is 14.1. The van der Waals surface area contributed by atoms with Crippen LogP contribution in [0.1, 0.15) is 61.9 Å². The quantitative estimate of drug-likeness (QED) is 0.866. The first-order valence-electron chi connectivity index (χ1n) is 8.30. The molecule has 0 radical (unpaired) electrons. The average Bonchev–Trinajstić information content (AvgIpc) is 3.01. The number of aryl methyl sites for hydroxylation is 1. The standard InChI is InChI=1S/C17H26N2OS/c1-4-6-7-13-17(20)19(14-10-12(14)5-2)16(18-13)15-9-8-11(3)21-15/h8-9,12-14,16,18H,4-7,10H2,1-3H3. The molecule has 1 amide bonds. The summed E-state index contributed by atoms with van der Waals surface area (Å²) in [6, 6.07) is 4.83. The highest BCUT2D eigenvalue weighted by Gasteiger charge is 2.51. The smallest absolute Gasteiger partial charge is 0.241 e. The highest BCUT2D eigenvalue weighted by atomic mass is 32.1. The Morgan fingerprint density at radius 1 is 1.38 bits per heavy atom. The van der Waals surface area contributed by atoms with Gasteiger partial charge in [-0.2, -0.15) is 0 Å². The van der Waals surface area contributed by atoms with E-state index in [1.165, 1.54) is 22.6 Å². The molecule has 0 spiro atoms. The third-order valence-electron chi connectivity index (χ3n) is 4.83. The van der Waals surface area contributed by atoms with Crippen LogP contribution < -0.4 is 5.32 Å². The maximum atomic E-state index is 12.8. The molecule has 2 heterocycles. The van der Waals surface area contributed by atoms with Crippen LogP contribution in [0.5, 0.6) is 0 Å². The summed E-state index contributed by atoms with van der Waals surface area (Å²) in [5, 5.41) is 3.61. The molecule has 4 heteroatoms. The monoisotopic (exact) mass is 306 g/mol. The molecule has 1 N–H and O–H groups in total. The van der Waals surface area contributed by atoms with Gasteiger partial charge in [0.1, 0.15) is 6.17 Å². The number of thiophene rings is 1. The third-order valence-corrected chi connectivity index (χ3v) is 5.89. The van der Waals surface area contributed by atoms with Crippen LogP contribution in [0.4, 0.5) is 0 Å². The molecule has 1 aromatic heterocycles. The predicted molar refractivity (Wildman–Crippen MR) is 87.3 cm³/mol. The molecular formula is C17H26N2OS. The maximum absolute atomic E-state index is 12.8. The Bertz CT molecular complexity index is 513. The van der Waals surface area contributed by atoms with E-state index in [0.29, 0.717) is 17.9 Å². The lowest BCUT2D eigenvalue weighted by molar-refractivity contribution is -0.131. The van der Waals surface area contributed by atoms with Gasteiger partial charge < -0.3 is 4.90 Å². The molecule has 1 saturated carbocycles. The lowest BCUT2D eigenvalue weighted by Gasteiger charge is -2.23. The second-order valence-corrected chi connectivity index (χ2v) is 7.75. The van der Waals surface area contributed by atoms with Gasteiger partial charge in [0, 0.05) is 15.8 Å².